The molecule has 0 atom stereocenters. The third-order valence-electron chi connectivity index (χ3n) is 3.63. The first-order valence-corrected chi connectivity index (χ1v) is 7.31. The van der Waals surface area contributed by atoms with Crippen molar-refractivity contribution in [2.75, 3.05) is 32.7 Å². The van der Waals surface area contributed by atoms with E-state index in [1.807, 2.05) is 4.90 Å². The van der Waals surface area contributed by atoms with E-state index in [0.29, 0.717) is 0 Å². The van der Waals surface area contributed by atoms with Crippen LogP contribution in [0.25, 0.3) is 0 Å². The summed E-state index contributed by atoms with van der Waals surface area (Å²) in [4.78, 5) is 26.5. The van der Waals surface area contributed by atoms with Crippen molar-refractivity contribution in [3.8, 4) is 0 Å². The van der Waals surface area contributed by atoms with Crippen LogP contribution in [0.2, 0.25) is 0 Å². The van der Waals surface area contributed by atoms with Gasteiger partial charge < -0.3 is 5.73 Å². The van der Waals surface area contributed by atoms with Gasteiger partial charge in [-0.15, -0.1) is 0 Å². The minimum atomic E-state index is -0.822. The molecule has 1 fully saturated rings. The molecule has 3 N–H and O–H groups in total. The summed E-state index contributed by atoms with van der Waals surface area (Å²) >= 11 is 0. The maximum Gasteiger partial charge on any atom is 0.318 e. The van der Waals surface area contributed by atoms with Gasteiger partial charge in [-0.3, -0.25) is 19.9 Å². The van der Waals surface area contributed by atoms with Gasteiger partial charge in [0.1, 0.15) is 5.82 Å². The van der Waals surface area contributed by atoms with Crippen molar-refractivity contribution in [2.24, 2.45) is 5.73 Å². The molecule has 6 nitrogen and oxygen atoms in total. The number of imide groups is 1. The van der Waals surface area contributed by atoms with E-state index in [1.54, 1.807) is 12.1 Å². The number of nitrogens with one attached hydrogen (secondary N) is 1. The van der Waals surface area contributed by atoms with Crippen LogP contribution in [0, 0.1) is 5.82 Å². The van der Waals surface area contributed by atoms with Gasteiger partial charge in [-0.25, -0.2) is 9.18 Å². The molecule has 1 saturated heterocycles. The molecule has 0 spiro atoms. The summed E-state index contributed by atoms with van der Waals surface area (Å²) in [5.74, 6) is -0.606. The molecule has 0 aromatic heterocycles. The van der Waals surface area contributed by atoms with E-state index in [9.17, 15) is 14.0 Å². The number of urea groups is 1. The van der Waals surface area contributed by atoms with Gasteiger partial charge in [0, 0.05) is 19.6 Å². The Hall–Kier alpha value is -1.99. The van der Waals surface area contributed by atoms with Crippen LogP contribution in [0.5, 0.6) is 0 Å². The molecular formula is C15H21FN4O2. The fourth-order valence-electron chi connectivity index (χ4n) is 2.57. The molecule has 1 aliphatic heterocycles. The van der Waals surface area contributed by atoms with Crippen LogP contribution in [0.15, 0.2) is 24.3 Å². The Kier molecular flexibility index (Phi) is 5.85. The molecule has 7 heteroatoms. The zero-order valence-electron chi connectivity index (χ0n) is 12.4. The van der Waals surface area contributed by atoms with Gasteiger partial charge in [0.25, 0.3) is 0 Å². The molecule has 1 aliphatic rings. The van der Waals surface area contributed by atoms with Crippen molar-refractivity contribution in [2.45, 2.75) is 13.0 Å². The molecule has 3 amide bonds. The number of carbonyl (C=O) groups excluding carboxylic acids is 2. The molecular weight excluding hydrogens is 287 g/mol. The molecule has 1 aromatic carbocycles. The predicted molar refractivity (Wildman–Crippen MR) is 80.5 cm³/mol. The second kappa shape index (κ2) is 7.86. The van der Waals surface area contributed by atoms with Crippen LogP contribution in [0.1, 0.15) is 12.0 Å². The molecule has 0 saturated carbocycles. The second-order valence-corrected chi connectivity index (χ2v) is 5.44. The Bertz CT molecular complexity index is 521. The lowest BCUT2D eigenvalue weighted by Crippen LogP contribution is -2.43. The third-order valence-corrected chi connectivity index (χ3v) is 3.63. The van der Waals surface area contributed by atoms with Crippen LogP contribution >= 0.6 is 0 Å². The average molecular weight is 308 g/mol. The van der Waals surface area contributed by atoms with Gasteiger partial charge >= 0.3 is 6.03 Å². The number of carbonyl (C=O) groups is 2. The second-order valence-electron chi connectivity index (χ2n) is 5.44. The number of hydrogen-bond acceptors (Lipinski definition) is 4. The summed E-state index contributed by atoms with van der Waals surface area (Å²) in [6.45, 7) is 4.22. The van der Waals surface area contributed by atoms with Crippen molar-refractivity contribution < 1.29 is 14.0 Å². The van der Waals surface area contributed by atoms with Crippen molar-refractivity contribution in [1.29, 1.82) is 0 Å². The van der Waals surface area contributed by atoms with Gasteiger partial charge in [-0.1, -0.05) is 12.1 Å². The van der Waals surface area contributed by atoms with Crippen LogP contribution in [0.3, 0.4) is 0 Å². The lowest BCUT2D eigenvalue weighted by molar-refractivity contribution is -0.121. The van der Waals surface area contributed by atoms with E-state index in [2.05, 4.69) is 10.2 Å². The van der Waals surface area contributed by atoms with E-state index in [0.717, 1.165) is 44.7 Å². The number of nitrogens with zero attached hydrogens (tertiary/aromatic N) is 2. The van der Waals surface area contributed by atoms with Gasteiger partial charge in [-0.2, -0.15) is 0 Å². The van der Waals surface area contributed by atoms with Crippen molar-refractivity contribution in [3.05, 3.63) is 35.6 Å². The molecule has 1 heterocycles. The Balaban J connectivity index is 1.80. The molecule has 0 bridgehead atoms. The van der Waals surface area contributed by atoms with Crippen molar-refractivity contribution >= 4 is 11.9 Å². The number of primary amides is 1. The van der Waals surface area contributed by atoms with Gasteiger partial charge in [-0.05, 0) is 37.2 Å². The smallest absolute Gasteiger partial charge is 0.318 e. The lowest BCUT2D eigenvalue weighted by Gasteiger charge is -2.21. The summed E-state index contributed by atoms with van der Waals surface area (Å²) in [6.07, 6.45) is 0.936. The molecule has 120 valence electrons. The van der Waals surface area contributed by atoms with Gasteiger partial charge in [0.15, 0.2) is 0 Å². The molecule has 22 heavy (non-hydrogen) atoms. The van der Waals surface area contributed by atoms with E-state index >= 15 is 0 Å². The van der Waals surface area contributed by atoms with Crippen LogP contribution in [-0.4, -0.2) is 54.5 Å². The Morgan fingerprint density at radius 3 is 2.41 bits per heavy atom. The number of benzene rings is 1. The quantitative estimate of drug-likeness (QED) is 0.850. The first kappa shape index (κ1) is 16.4. The van der Waals surface area contributed by atoms with Crippen molar-refractivity contribution in [1.82, 2.24) is 15.1 Å². The summed E-state index contributed by atoms with van der Waals surface area (Å²) in [5.41, 5.74) is 5.99. The van der Waals surface area contributed by atoms with Crippen molar-refractivity contribution in [3.63, 3.8) is 0 Å². The Labute approximate surface area is 129 Å². The minimum Gasteiger partial charge on any atom is -0.351 e. The van der Waals surface area contributed by atoms with Gasteiger partial charge in [0.05, 0.1) is 6.54 Å². The highest BCUT2D eigenvalue weighted by atomic mass is 19.1. The first-order valence-electron chi connectivity index (χ1n) is 7.31. The number of amides is 3. The summed E-state index contributed by atoms with van der Waals surface area (Å²) in [6, 6.07) is 5.69. The zero-order chi connectivity index (χ0) is 15.9. The highest BCUT2D eigenvalue weighted by molar-refractivity contribution is 5.94. The first-order chi connectivity index (χ1) is 10.5. The van der Waals surface area contributed by atoms with Crippen LogP contribution in [-0.2, 0) is 11.3 Å². The van der Waals surface area contributed by atoms with Crippen LogP contribution in [0.4, 0.5) is 9.18 Å². The third kappa shape index (κ3) is 5.42. The largest absolute Gasteiger partial charge is 0.351 e. The fourth-order valence-corrected chi connectivity index (χ4v) is 2.57. The van der Waals surface area contributed by atoms with E-state index in [-0.39, 0.29) is 18.3 Å². The lowest BCUT2D eigenvalue weighted by atomic mass is 10.2. The van der Waals surface area contributed by atoms with Crippen LogP contribution < -0.4 is 11.1 Å². The number of nitrogens with two attached hydrogens (primary N) is 1. The van der Waals surface area contributed by atoms with E-state index in [1.165, 1.54) is 12.1 Å². The normalized spacial score (nSPS) is 17.0. The Morgan fingerprint density at radius 2 is 1.73 bits per heavy atom. The molecule has 0 radical (unpaired) electrons. The number of halogens is 1. The maximum absolute atomic E-state index is 12.9. The van der Waals surface area contributed by atoms with Gasteiger partial charge in [0.2, 0.25) is 5.91 Å². The summed E-state index contributed by atoms with van der Waals surface area (Å²) in [7, 11) is 0. The Morgan fingerprint density at radius 1 is 1.09 bits per heavy atom. The number of hydrogen-bond donors (Lipinski definition) is 2. The molecule has 2 rings (SSSR count). The monoisotopic (exact) mass is 308 g/mol. The maximum atomic E-state index is 12.9. The molecule has 0 aliphatic carbocycles. The zero-order valence-corrected chi connectivity index (χ0v) is 12.4. The molecule has 0 unspecified atom stereocenters. The number of rotatable bonds is 4. The highest BCUT2D eigenvalue weighted by Crippen LogP contribution is 2.10. The highest BCUT2D eigenvalue weighted by Gasteiger charge is 2.17. The predicted octanol–water partition coefficient (Wildman–Crippen LogP) is 0.528. The standard InChI is InChI=1S/C15H21FN4O2/c16-13-4-2-12(3-5-13)10-19-6-1-7-20(9-8-19)11-14(21)18-15(17)22/h2-5H,1,6-11H2,(H3,17,18,21,22). The summed E-state index contributed by atoms with van der Waals surface area (Å²) < 4.78 is 12.9. The minimum absolute atomic E-state index is 0.174. The SMILES string of the molecule is NC(=O)NC(=O)CN1CCCN(Cc2ccc(F)cc2)CC1. The molecule has 1 aromatic rings. The van der Waals surface area contributed by atoms with E-state index in [4.69, 9.17) is 5.73 Å². The topological polar surface area (TPSA) is 78.7 Å². The fraction of sp³-hybridized carbons (Fsp3) is 0.467. The average Bonchev–Trinajstić information content (AvgIpc) is 2.66. The summed E-state index contributed by atoms with van der Waals surface area (Å²) in [5, 5.41) is 2.08. The van der Waals surface area contributed by atoms with E-state index < -0.39 is 6.03 Å².